The van der Waals surface area contributed by atoms with Gasteiger partial charge >= 0.3 is 11.9 Å². The van der Waals surface area contributed by atoms with Crippen LogP contribution in [0.3, 0.4) is 0 Å². The Labute approximate surface area is 171 Å². The molecule has 0 radical (unpaired) electrons. The van der Waals surface area contributed by atoms with Gasteiger partial charge in [-0.2, -0.15) is 0 Å². The first-order valence-electron chi connectivity index (χ1n) is 9.68. The molecule has 1 aliphatic heterocycles. The van der Waals surface area contributed by atoms with Gasteiger partial charge in [0.1, 0.15) is 18.5 Å². The standard InChI is InChI=1S/C19H31NO3.C2H2O4/c1-14-10-15(19(2,3)4)7-8-18(14)23-13-17(22)12-20-9-5-6-16(21)11-20;3-1(4)2(5)6/h7-8,10,16-17,21-22H,5-6,9,11-13H2,1-4H3;(H,3,4)(H,5,6). The van der Waals surface area contributed by atoms with Crippen LogP contribution in [-0.4, -0.2) is 75.7 Å². The van der Waals surface area contributed by atoms with Crippen LogP contribution in [0.2, 0.25) is 0 Å². The zero-order valence-electron chi connectivity index (χ0n) is 17.6. The van der Waals surface area contributed by atoms with E-state index < -0.39 is 18.0 Å². The lowest BCUT2D eigenvalue weighted by molar-refractivity contribution is -0.159. The van der Waals surface area contributed by atoms with Gasteiger partial charge in [0.05, 0.1) is 6.10 Å². The van der Waals surface area contributed by atoms with Crippen molar-refractivity contribution in [3.8, 4) is 5.75 Å². The molecule has 2 rings (SSSR count). The molecule has 29 heavy (non-hydrogen) atoms. The van der Waals surface area contributed by atoms with E-state index in [2.05, 4.69) is 37.8 Å². The highest BCUT2D eigenvalue weighted by molar-refractivity contribution is 6.27. The summed E-state index contributed by atoms with van der Waals surface area (Å²) in [6.45, 7) is 11.0. The van der Waals surface area contributed by atoms with Crippen molar-refractivity contribution in [1.82, 2.24) is 4.90 Å². The van der Waals surface area contributed by atoms with E-state index in [1.54, 1.807) is 0 Å². The number of ether oxygens (including phenoxy) is 1. The van der Waals surface area contributed by atoms with Gasteiger partial charge in [-0.1, -0.05) is 32.9 Å². The SMILES string of the molecule is Cc1cc(C(C)(C)C)ccc1OCC(O)CN1CCCC(O)C1.O=C(O)C(=O)O. The molecule has 1 aliphatic rings. The molecule has 1 aromatic carbocycles. The number of β-amino-alcohol motifs (C(OH)–C–C–N with tert-alkyl or cyclic N) is 2. The molecule has 4 N–H and O–H groups in total. The summed E-state index contributed by atoms with van der Waals surface area (Å²) >= 11 is 0. The minimum absolute atomic E-state index is 0.123. The number of aliphatic hydroxyl groups excluding tert-OH is 2. The van der Waals surface area contributed by atoms with Crippen LogP contribution >= 0.6 is 0 Å². The van der Waals surface area contributed by atoms with Gasteiger partial charge in [-0.25, -0.2) is 9.59 Å². The first-order valence-corrected chi connectivity index (χ1v) is 9.68. The Hall–Kier alpha value is -2.16. The van der Waals surface area contributed by atoms with E-state index in [0.717, 1.165) is 30.7 Å². The summed E-state index contributed by atoms with van der Waals surface area (Å²) in [5, 5.41) is 34.6. The predicted octanol–water partition coefficient (Wildman–Crippen LogP) is 1.64. The topological polar surface area (TPSA) is 128 Å². The second-order valence-electron chi connectivity index (χ2n) is 8.36. The Bertz CT molecular complexity index is 672. The van der Waals surface area contributed by atoms with Crippen molar-refractivity contribution in [1.29, 1.82) is 0 Å². The molecule has 1 heterocycles. The zero-order chi connectivity index (χ0) is 22.2. The number of likely N-dealkylation sites (tertiary alicyclic amines) is 1. The number of carboxylic acid groups (broad SMARTS) is 2. The third-order valence-electron chi connectivity index (χ3n) is 4.60. The second kappa shape index (κ2) is 11.1. The molecule has 0 saturated carbocycles. The van der Waals surface area contributed by atoms with E-state index in [1.807, 2.05) is 13.0 Å². The number of aliphatic carboxylic acids is 2. The minimum Gasteiger partial charge on any atom is -0.491 e. The maximum atomic E-state index is 10.2. The van der Waals surface area contributed by atoms with Gasteiger partial charge in [0.2, 0.25) is 0 Å². The summed E-state index contributed by atoms with van der Waals surface area (Å²) in [6, 6.07) is 6.24. The summed E-state index contributed by atoms with van der Waals surface area (Å²) in [5.41, 5.74) is 2.50. The van der Waals surface area contributed by atoms with Gasteiger partial charge in [-0.15, -0.1) is 0 Å². The smallest absolute Gasteiger partial charge is 0.414 e. The van der Waals surface area contributed by atoms with Crippen molar-refractivity contribution in [2.45, 2.75) is 58.2 Å². The maximum absolute atomic E-state index is 10.2. The van der Waals surface area contributed by atoms with Gasteiger partial charge in [0.25, 0.3) is 0 Å². The van der Waals surface area contributed by atoms with Gasteiger partial charge in [-0.05, 0) is 48.9 Å². The van der Waals surface area contributed by atoms with E-state index in [4.69, 9.17) is 24.5 Å². The highest BCUT2D eigenvalue weighted by Crippen LogP contribution is 2.27. The van der Waals surface area contributed by atoms with Crippen molar-refractivity contribution in [2.75, 3.05) is 26.2 Å². The molecular weight excluding hydrogens is 378 g/mol. The fourth-order valence-electron chi connectivity index (χ4n) is 3.01. The molecule has 8 heteroatoms. The number of rotatable bonds is 5. The highest BCUT2D eigenvalue weighted by atomic mass is 16.5. The summed E-state index contributed by atoms with van der Waals surface area (Å²) < 4.78 is 5.80. The number of piperidine rings is 1. The van der Waals surface area contributed by atoms with Crippen LogP contribution in [0, 0.1) is 6.92 Å². The molecule has 1 fully saturated rings. The Morgan fingerprint density at radius 3 is 2.34 bits per heavy atom. The molecule has 0 bridgehead atoms. The van der Waals surface area contributed by atoms with Crippen LogP contribution in [0.5, 0.6) is 5.75 Å². The normalized spacial score (nSPS) is 18.3. The van der Waals surface area contributed by atoms with Crippen molar-refractivity contribution >= 4 is 11.9 Å². The molecule has 8 nitrogen and oxygen atoms in total. The maximum Gasteiger partial charge on any atom is 0.414 e. The second-order valence-corrected chi connectivity index (χ2v) is 8.36. The lowest BCUT2D eigenvalue weighted by atomic mass is 9.86. The Kier molecular flexibility index (Phi) is 9.55. The van der Waals surface area contributed by atoms with Crippen LogP contribution in [0.4, 0.5) is 0 Å². The molecule has 0 spiro atoms. The molecule has 1 saturated heterocycles. The van der Waals surface area contributed by atoms with Crippen LogP contribution in [0.1, 0.15) is 44.7 Å². The quantitative estimate of drug-likeness (QED) is 0.539. The van der Waals surface area contributed by atoms with Crippen molar-refractivity contribution in [3.63, 3.8) is 0 Å². The molecule has 0 aliphatic carbocycles. The molecule has 1 aromatic rings. The number of carbonyl (C=O) groups is 2. The average Bonchev–Trinajstić information content (AvgIpc) is 2.60. The molecule has 0 aromatic heterocycles. The Morgan fingerprint density at radius 1 is 1.24 bits per heavy atom. The minimum atomic E-state index is -1.82. The van der Waals surface area contributed by atoms with Crippen LogP contribution in [0.25, 0.3) is 0 Å². The van der Waals surface area contributed by atoms with Crippen LogP contribution in [0.15, 0.2) is 18.2 Å². The van der Waals surface area contributed by atoms with E-state index >= 15 is 0 Å². The number of hydrogen-bond donors (Lipinski definition) is 4. The third-order valence-corrected chi connectivity index (χ3v) is 4.60. The van der Waals surface area contributed by atoms with Crippen molar-refractivity contribution in [2.24, 2.45) is 0 Å². The fourth-order valence-corrected chi connectivity index (χ4v) is 3.01. The van der Waals surface area contributed by atoms with E-state index in [0.29, 0.717) is 13.1 Å². The monoisotopic (exact) mass is 411 g/mol. The number of aryl methyl sites for hydroxylation is 1. The first kappa shape index (κ1) is 24.9. The number of aliphatic hydroxyl groups is 2. The molecule has 2 unspecified atom stereocenters. The average molecular weight is 411 g/mol. The molecular formula is C21H33NO7. The van der Waals surface area contributed by atoms with Gasteiger partial charge in [0.15, 0.2) is 0 Å². The lowest BCUT2D eigenvalue weighted by Gasteiger charge is -2.31. The van der Waals surface area contributed by atoms with Crippen molar-refractivity contribution in [3.05, 3.63) is 29.3 Å². The molecule has 164 valence electrons. The van der Waals surface area contributed by atoms with Gasteiger partial charge < -0.3 is 25.2 Å². The van der Waals surface area contributed by atoms with E-state index in [1.165, 1.54) is 5.56 Å². The predicted molar refractivity (Wildman–Crippen MR) is 108 cm³/mol. The summed E-state index contributed by atoms with van der Waals surface area (Å²) in [4.78, 5) is 20.3. The number of benzene rings is 1. The van der Waals surface area contributed by atoms with Crippen molar-refractivity contribution < 1.29 is 34.8 Å². The summed E-state index contributed by atoms with van der Waals surface area (Å²) in [7, 11) is 0. The van der Waals surface area contributed by atoms with Gasteiger partial charge in [-0.3, -0.25) is 4.90 Å². The Balaban J connectivity index is 0.000000612. The van der Waals surface area contributed by atoms with E-state index in [9.17, 15) is 10.2 Å². The highest BCUT2D eigenvalue weighted by Gasteiger charge is 2.20. The zero-order valence-corrected chi connectivity index (χ0v) is 17.6. The van der Waals surface area contributed by atoms with E-state index in [-0.39, 0.29) is 18.1 Å². The third kappa shape index (κ3) is 9.25. The van der Waals surface area contributed by atoms with Gasteiger partial charge in [0, 0.05) is 13.1 Å². The largest absolute Gasteiger partial charge is 0.491 e. The summed E-state index contributed by atoms with van der Waals surface area (Å²) in [6.07, 6.45) is 1.05. The Morgan fingerprint density at radius 2 is 1.86 bits per heavy atom. The number of hydrogen-bond acceptors (Lipinski definition) is 6. The number of carboxylic acids is 2. The molecule has 2 atom stereocenters. The summed E-state index contributed by atoms with van der Waals surface area (Å²) in [5.74, 6) is -2.82. The van der Waals surface area contributed by atoms with Crippen LogP contribution in [-0.2, 0) is 15.0 Å². The fraction of sp³-hybridized carbons (Fsp3) is 0.619. The van der Waals surface area contributed by atoms with Crippen LogP contribution < -0.4 is 4.74 Å². The lowest BCUT2D eigenvalue weighted by Crippen LogP contribution is -2.43. The molecule has 0 amide bonds. The number of nitrogens with zero attached hydrogens (tertiary/aromatic N) is 1. The first-order chi connectivity index (χ1) is 13.4.